The van der Waals surface area contributed by atoms with Gasteiger partial charge in [-0.25, -0.2) is 4.79 Å². The Morgan fingerprint density at radius 3 is 1.74 bits per heavy atom. The molecule has 3 aromatic carbocycles. The van der Waals surface area contributed by atoms with E-state index in [4.69, 9.17) is 14.2 Å². The van der Waals surface area contributed by atoms with Gasteiger partial charge >= 0.3 is 5.97 Å². The van der Waals surface area contributed by atoms with Gasteiger partial charge in [0.25, 0.3) is 0 Å². The van der Waals surface area contributed by atoms with E-state index in [1.807, 2.05) is 43.3 Å². The molecule has 3 aromatic rings. The van der Waals surface area contributed by atoms with Gasteiger partial charge in [-0.05, 0) is 78.9 Å². The minimum Gasteiger partial charge on any atom is -0.494 e. The summed E-state index contributed by atoms with van der Waals surface area (Å²) in [6.45, 7) is 7.66. The average molecular weight is 575 g/mol. The van der Waals surface area contributed by atoms with Crippen LogP contribution in [0, 0.1) is 0 Å². The molecule has 0 amide bonds. The molecular formula is C38H54O4. The Kier molecular flexibility index (Phi) is 15.9. The topological polar surface area (TPSA) is 44.8 Å². The van der Waals surface area contributed by atoms with Crippen LogP contribution in [0.25, 0.3) is 10.8 Å². The maximum absolute atomic E-state index is 12.5. The molecule has 0 aliphatic rings. The number of carbonyl (C=O) groups excluding carboxylic acids is 1. The van der Waals surface area contributed by atoms with Gasteiger partial charge in [-0.1, -0.05) is 115 Å². The van der Waals surface area contributed by atoms with E-state index in [0.29, 0.717) is 12.2 Å². The lowest BCUT2D eigenvalue weighted by Gasteiger charge is -2.13. The molecular weight excluding hydrogens is 520 g/mol. The van der Waals surface area contributed by atoms with E-state index < -0.39 is 0 Å². The van der Waals surface area contributed by atoms with Gasteiger partial charge in [-0.15, -0.1) is 0 Å². The van der Waals surface area contributed by atoms with Crippen molar-refractivity contribution in [2.75, 3.05) is 6.61 Å². The van der Waals surface area contributed by atoms with Gasteiger partial charge in [0.15, 0.2) is 0 Å². The predicted octanol–water partition coefficient (Wildman–Crippen LogP) is 11.2. The standard InChI is InChI=1S/C38H54O4/c1-4-6-8-10-11-12-13-14-15-17-27-40-36-25-23-35-29-37(26-24-34(35)28-36)41-30-32-19-21-33(22-20-32)38(39)42-31(3)18-16-9-7-5-2/h19-26,28-29,31H,4-18,27,30H2,1-3H3/t31-/m1/s1. The van der Waals surface area contributed by atoms with Crippen molar-refractivity contribution in [1.29, 1.82) is 0 Å². The van der Waals surface area contributed by atoms with Crippen LogP contribution in [0.2, 0.25) is 0 Å². The summed E-state index contributed by atoms with van der Waals surface area (Å²) >= 11 is 0. The second-order valence-electron chi connectivity index (χ2n) is 11.8. The number of carbonyl (C=O) groups is 1. The SMILES string of the molecule is CCCCCCCCCCCCOc1ccc2cc(OCc3ccc(C(=O)O[C@H](C)CCCCCC)cc3)ccc2c1. The van der Waals surface area contributed by atoms with Crippen molar-refractivity contribution in [1.82, 2.24) is 0 Å². The lowest BCUT2D eigenvalue weighted by molar-refractivity contribution is 0.0319. The highest BCUT2D eigenvalue weighted by atomic mass is 16.5. The molecule has 0 unspecified atom stereocenters. The van der Waals surface area contributed by atoms with Crippen molar-refractivity contribution >= 4 is 16.7 Å². The lowest BCUT2D eigenvalue weighted by Crippen LogP contribution is -2.15. The van der Waals surface area contributed by atoms with E-state index in [1.54, 1.807) is 0 Å². The van der Waals surface area contributed by atoms with E-state index >= 15 is 0 Å². The fraction of sp³-hybridized carbons (Fsp3) is 0.553. The fourth-order valence-electron chi connectivity index (χ4n) is 5.23. The van der Waals surface area contributed by atoms with Crippen molar-refractivity contribution in [3.8, 4) is 11.5 Å². The molecule has 4 nitrogen and oxygen atoms in total. The van der Waals surface area contributed by atoms with Gasteiger partial charge in [0.1, 0.15) is 18.1 Å². The number of esters is 1. The first-order valence-corrected chi connectivity index (χ1v) is 16.7. The van der Waals surface area contributed by atoms with Crippen LogP contribution in [0.4, 0.5) is 0 Å². The highest BCUT2D eigenvalue weighted by Crippen LogP contribution is 2.26. The first kappa shape index (κ1) is 33.5. The number of hydrogen-bond donors (Lipinski definition) is 0. The van der Waals surface area contributed by atoms with E-state index in [2.05, 4.69) is 38.1 Å². The van der Waals surface area contributed by atoms with Crippen molar-refractivity contribution in [2.24, 2.45) is 0 Å². The second kappa shape index (κ2) is 20.0. The highest BCUT2D eigenvalue weighted by molar-refractivity contribution is 5.89. The van der Waals surface area contributed by atoms with Crippen LogP contribution >= 0.6 is 0 Å². The molecule has 0 bridgehead atoms. The molecule has 0 spiro atoms. The summed E-state index contributed by atoms with van der Waals surface area (Å²) < 4.78 is 17.7. The Morgan fingerprint density at radius 1 is 0.619 bits per heavy atom. The molecule has 0 saturated heterocycles. The molecule has 0 aliphatic heterocycles. The molecule has 0 aromatic heterocycles. The second-order valence-corrected chi connectivity index (χ2v) is 11.8. The van der Waals surface area contributed by atoms with Crippen LogP contribution in [0.3, 0.4) is 0 Å². The van der Waals surface area contributed by atoms with Gasteiger partial charge in [-0.3, -0.25) is 0 Å². The third-order valence-electron chi connectivity index (χ3n) is 7.92. The molecule has 230 valence electrons. The maximum atomic E-state index is 12.5. The zero-order valence-electron chi connectivity index (χ0n) is 26.5. The van der Waals surface area contributed by atoms with Crippen LogP contribution in [0.1, 0.15) is 133 Å². The third kappa shape index (κ3) is 12.9. The molecule has 0 heterocycles. The molecule has 3 rings (SSSR count). The molecule has 1 atom stereocenters. The van der Waals surface area contributed by atoms with Crippen LogP contribution in [-0.2, 0) is 11.3 Å². The normalized spacial score (nSPS) is 11.9. The summed E-state index contributed by atoms with van der Waals surface area (Å²) in [4.78, 5) is 12.5. The maximum Gasteiger partial charge on any atom is 0.338 e. The van der Waals surface area contributed by atoms with Crippen LogP contribution in [0.5, 0.6) is 11.5 Å². The molecule has 4 heteroatoms. The summed E-state index contributed by atoms with van der Waals surface area (Å²) in [5, 5.41) is 2.27. The molecule has 42 heavy (non-hydrogen) atoms. The van der Waals surface area contributed by atoms with Crippen molar-refractivity contribution in [2.45, 2.75) is 130 Å². The van der Waals surface area contributed by atoms with E-state index in [1.165, 1.54) is 77.0 Å². The molecule has 0 aliphatic carbocycles. The number of ether oxygens (including phenoxy) is 3. The zero-order chi connectivity index (χ0) is 29.8. The lowest BCUT2D eigenvalue weighted by atomic mass is 10.1. The number of benzene rings is 3. The number of unbranched alkanes of at least 4 members (excludes halogenated alkanes) is 12. The summed E-state index contributed by atoms with van der Waals surface area (Å²) in [5.74, 6) is 1.49. The number of rotatable bonds is 22. The first-order chi connectivity index (χ1) is 20.6. The summed E-state index contributed by atoms with van der Waals surface area (Å²) in [5.41, 5.74) is 1.59. The van der Waals surface area contributed by atoms with Gasteiger partial charge in [0, 0.05) is 0 Å². The van der Waals surface area contributed by atoms with E-state index in [-0.39, 0.29) is 12.1 Å². The first-order valence-electron chi connectivity index (χ1n) is 16.7. The summed E-state index contributed by atoms with van der Waals surface area (Å²) in [7, 11) is 0. The molecule has 0 N–H and O–H groups in total. The zero-order valence-corrected chi connectivity index (χ0v) is 26.5. The molecule has 0 saturated carbocycles. The van der Waals surface area contributed by atoms with Crippen molar-refractivity contribution in [3.63, 3.8) is 0 Å². The van der Waals surface area contributed by atoms with E-state index in [9.17, 15) is 4.79 Å². The van der Waals surface area contributed by atoms with Gasteiger partial charge in [-0.2, -0.15) is 0 Å². The van der Waals surface area contributed by atoms with Gasteiger partial charge in [0.2, 0.25) is 0 Å². The molecule has 0 fully saturated rings. The smallest absolute Gasteiger partial charge is 0.338 e. The Balaban J connectivity index is 1.35. The Bertz CT molecular complexity index is 1150. The predicted molar refractivity (Wildman–Crippen MR) is 176 cm³/mol. The minimum absolute atomic E-state index is 0.0579. The van der Waals surface area contributed by atoms with Gasteiger partial charge in [0.05, 0.1) is 18.3 Å². The van der Waals surface area contributed by atoms with Gasteiger partial charge < -0.3 is 14.2 Å². The fourth-order valence-corrected chi connectivity index (χ4v) is 5.23. The largest absolute Gasteiger partial charge is 0.494 e. The number of hydrogen-bond acceptors (Lipinski definition) is 4. The Labute approximate surface area is 255 Å². The number of fused-ring (bicyclic) bond motifs is 1. The summed E-state index contributed by atoms with van der Waals surface area (Å²) in [6, 6.07) is 19.9. The van der Waals surface area contributed by atoms with Crippen LogP contribution in [0.15, 0.2) is 60.7 Å². The molecule has 0 radical (unpaired) electrons. The van der Waals surface area contributed by atoms with Crippen LogP contribution < -0.4 is 9.47 Å². The van der Waals surface area contributed by atoms with Crippen LogP contribution in [-0.4, -0.2) is 18.7 Å². The minimum atomic E-state index is -0.258. The quantitative estimate of drug-likeness (QED) is 0.0884. The summed E-state index contributed by atoms with van der Waals surface area (Å²) in [6.07, 6.45) is 18.9. The Morgan fingerprint density at radius 2 is 1.14 bits per heavy atom. The Hall–Kier alpha value is -3.01. The third-order valence-corrected chi connectivity index (χ3v) is 7.92. The highest BCUT2D eigenvalue weighted by Gasteiger charge is 2.12. The monoisotopic (exact) mass is 574 g/mol. The average Bonchev–Trinajstić information content (AvgIpc) is 3.01. The van der Waals surface area contributed by atoms with E-state index in [0.717, 1.165) is 53.7 Å². The van der Waals surface area contributed by atoms with Crippen molar-refractivity contribution in [3.05, 3.63) is 71.8 Å². The van der Waals surface area contributed by atoms with Crippen molar-refractivity contribution < 1.29 is 19.0 Å².